The highest BCUT2D eigenvalue weighted by molar-refractivity contribution is 5.74. The standard InChI is InChI=1S/C14H10N6O2/c1-8-15-14-17-16-12-11(20(14)18-8)5-6-19(13(12)22)9-3-2-4-10(21)7-9/h2-7,21H,1H3. The summed E-state index contributed by atoms with van der Waals surface area (Å²) >= 11 is 0. The van der Waals surface area contributed by atoms with Crippen molar-refractivity contribution in [3.8, 4) is 11.4 Å². The van der Waals surface area contributed by atoms with Crippen molar-refractivity contribution in [2.75, 3.05) is 0 Å². The molecule has 0 radical (unpaired) electrons. The number of benzene rings is 1. The van der Waals surface area contributed by atoms with Crippen LogP contribution in [0.2, 0.25) is 0 Å². The molecule has 4 aromatic rings. The SMILES string of the molecule is Cc1nc2nnc3c(=O)n(-c4cccc(O)c4)ccc3n2n1. The van der Waals surface area contributed by atoms with Crippen LogP contribution >= 0.6 is 0 Å². The molecular weight excluding hydrogens is 284 g/mol. The molecule has 0 fully saturated rings. The van der Waals surface area contributed by atoms with Gasteiger partial charge in [-0.1, -0.05) is 6.07 Å². The molecule has 8 nitrogen and oxygen atoms in total. The molecule has 0 bridgehead atoms. The Morgan fingerprint density at radius 1 is 1.18 bits per heavy atom. The summed E-state index contributed by atoms with van der Waals surface area (Å²) in [5, 5.41) is 21.7. The van der Waals surface area contributed by atoms with Crippen LogP contribution in [-0.4, -0.2) is 34.5 Å². The minimum Gasteiger partial charge on any atom is -0.508 e. The number of phenols is 1. The minimum atomic E-state index is -0.342. The Hall–Kier alpha value is -3.29. The van der Waals surface area contributed by atoms with E-state index in [2.05, 4.69) is 20.3 Å². The number of aromatic nitrogens is 6. The third-order valence-electron chi connectivity index (χ3n) is 3.32. The Bertz CT molecular complexity index is 1080. The first kappa shape index (κ1) is 12.5. The summed E-state index contributed by atoms with van der Waals surface area (Å²) in [7, 11) is 0. The first-order chi connectivity index (χ1) is 10.6. The van der Waals surface area contributed by atoms with E-state index in [0.29, 0.717) is 22.8 Å². The Labute approximate surface area is 123 Å². The van der Waals surface area contributed by atoms with Crippen LogP contribution in [0.4, 0.5) is 0 Å². The van der Waals surface area contributed by atoms with Crippen LogP contribution in [0.3, 0.4) is 0 Å². The zero-order valence-corrected chi connectivity index (χ0v) is 11.5. The lowest BCUT2D eigenvalue weighted by molar-refractivity contribution is 0.475. The van der Waals surface area contributed by atoms with Crippen LogP contribution in [0, 0.1) is 6.92 Å². The fraction of sp³-hybridized carbons (Fsp3) is 0.0714. The molecule has 1 N–H and O–H groups in total. The molecule has 3 heterocycles. The van der Waals surface area contributed by atoms with Crippen LogP contribution in [-0.2, 0) is 0 Å². The van der Waals surface area contributed by atoms with Gasteiger partial charge in [-0.25, -0.2) is 0 Å². The highest BCUT2D eigenvalue weighted by atomic mass is 16.3. The van der Waals surface area contributed by atoms with E-state index >= 15 is 0 Å². The molecule has 1 aromatic carbocycles. The van der Waals surface area contributed by atoms with Gasteiger partial charge in [0, 0.05) is 12.3 Å². The van der Waals surface area contributed by atoms with E-state index in [-0.39, 0.29) is 16.8 Å². The van der Waals surface area contributed by atoms with Crippen molar-refractivity contribution in [1.29, 1.82) is 0 Å². The number of aromatic hydroxyl groups is 1. The van der Waals surface area contributed by atoms with Crippen LogP contribution in [0.5, 0.6) is 5.75 Å². The normalized spacial score (nSPS) is 11.3. The number of aryl methyl sites for hydroxylation is 1. The maximum Gasteiger partial charge on any atom is 0.285 e. The van der Waals surface area contributed by atoms with Crippen molar-refractivity contribution in [3.05, 3.63) is 52.7 Å². The Morgan fingerprint density at radius 2 is 2.05 bits per heavy atom. The van der Waals surface area contributed by atoms with Gasteiger partial charge in [0.1, 0.15) is 17.1 Å². The fourth-order valence-corrected chi connectivity index (χ4v) is 2.35. The predicted molar refractivity (Wildman–Crippen MR) is 78.1 cm³/mol. The first-order valence-corrected chi connectivity index (χ1v) is 6.54. The summed E-state index contributed by atoms with van der Waals surface area (Å²) in [6.45, 7) is 1.74. The summed E-state index contributed by atoms with van der Waals surface area (Å²) in [6, 6.07) is 8.14. The first-order valence-electron chi connectivity index (χ1n) is 6.54. The number of rotatable bonds is 1. The van der Waals surface area contributed by atoms with Gasteiger partial charge in [-0.15, -0.1) is 15.3 Å². The summed E-state index contributed by atoms with van der Waals surface area (Å²) in [6.07, 6.45) is 1.61. The second-order valence-corrected chi connectivity index (χ2v) is 4.82. The molecule has 0 spiro atoms. The van der Waals surface area contributed by atoms with Crippen LogP contribution in [0.25, 0.3) is 22.5 Å². The molecule has 0 atom stereocenters. The van der Waals surface area contributed by atoms with E-state index in [4.69, 9.17) is 0 Å². The highest BCUT2D eigenvalue weighted by Gasteiger charge is 2.12. The fourth-order valence-electron chi connectivity index (χ4n) is 2.35. The molecule has 0 aliphatic heterocycles. The summed E-state index contributed by atoms with van der Waals surface area (Å²) in [5.41, 5.74) is 0.921. The van der Waals surface area contributed by atoms with E-state index in [1.807, 2.05) is 0 Å². The number of hydrogen-bond donors (Lipinski definition) is 1. The minimum absolute atomic E-state index is 0.0814. The van der Waals surface area contributed by atoms with Crippen molar-refractivity contribution in [2.45, 2.75) is 6.92 Å². The van der Waals surface area contributed by atoms with Crippen molar-refractivity contribution < 1.29 is 5.11 Å². The molecule has 0 saturated carbocycles. The monoisotopic (exact) mass is 294 g/mol. The Balaban J connectivity index is 2.06. The maximum atomic E-state index is 12.6. The molecule has 22 heavy (non-hydrogen) atoms. The summed E-state index contributed by atoms with van der Waals surface area (Å²) in [4.78, 5) is 16.7. The third-order valence-corrected chi connectivity index (χ3v) is 3.32. The second kappa shape index (κ2) is 4.35. The molecule has 8 heteroatoms. The van der Waals surface area contributed by atoms with E-state index in [1.54, 1.807) is 31.3 Å². The van der Waals surface area contributed by atoms with E-state index < -0.39 is 0 Å². The number of nitrogens with zero attached hydrogens (tertiary/aromatic N) is 6. The molecule has 0 unspecified atom stereocenters. The topological polar surface area (TPSA) is 98.2 Å². The molecule has 0 saturated heterocycles. The quantitative estimate of drug-likeness (QED) is 0.558. The zero-order chi connectivity index (χ0) is 15.3. The smallest absolute Gasteiger partial charge is 0.285 e. The zero-order valence-electron chi connectivity index (χ0n) is 11.5. The van der Waals surface area contributed by atoms with Gasteiger partial charge < -0.3 is 5.11 Å². The van der Waals surface area contributed by atoms with Gasteiger partial charge in [-0.05, 0) is 25.1 Å². The lowest BCUT2D eigenvalue weighted by Gasteiger charge is -2.07. The van der Waals surface area contributed by atoms with Gasteiger partial charge in [0.25, 0.3) is 11.3 Å². The Kier molecular flexibility index (Phi) is 2.46. The maximum absolute atomic E-state index is 12.6. The molecule has 0 aliphatic rings. The van der Waals surface area contributed by atoms with Crippen molar-refractivity contribution in [2.24, 2.45) is 0 Å². The number of phenolic OH excluding ortho intramolecular Hbond substituents is 1. The summed E-state index contributed by atoms with van der Waals surface area (Å²) < 4.78 is 2.89. The van der Waals surface area contributed by atoms with Crippen LogP contribution in [0.1, 0.15) is 5.82 Å². The molecular formula is C14H10N6O2. The number of pyridine rings is 1. The molecule has 0 amide bonds. The van der Waals surface area contributed by atoms with Crippen LogP contribution in [0.15, 0.2) is 41.3 Å². The lowest BCUT2D eigenvalue weighted by Crippen LogP contribution is -2.20. The number of fused-ring (bicyclic) bond motifs is 3. The van der Waals surface area contributed by atoms with Crippen molar-refractivity contribution in [3.63, 3.8) is 0 Å². The van der Waals surface area contributed by atoms with Gasteiger partial charge in [-0.3, -0.25) is 9.36 Å². The van der Waals surface area contributed by atoms with Crippen molar-refractivity contribution in [1.82, 2.24) is 29.4 Å². The molecule has 3 aromatic heterocycles. The predicted octanol–water partition coefficient (Wildman–Crippen LogP) is 0.837. The van der Waals surface area contributed by atoms with Gasteiger partial charge in [0.15, 0.2) is 5.52 Å². The largest absolute Gasteiger partial charge is 0.508 e. The highest BCUT2D eigenvalue weighted by Crippen LogP contribution is 2.15. The second-order valence-electron chi connectivity index (χ2n) is 4.82. The number of hydrogen-bond acceptors (Lipinski definition) is 6. The van der Waals surface area contributed by atoms with Gasteiger partial charge in [0.2, 0.25) is 0 Å². The Morgan fingerprint density at radius 3 is 2.86 bits per heavy atom. The van der Waals surface area contributed by atoms with Gasteiger partial charge >= 0.3 is 0 Å². The van der Waals surface area contributed by atoms with E-state index in [1.165, 1.54) is 21.2 Å². The van der Waals surface area contributed by atoms with Gasteiger partial charge in [0.05, 0.1) is 5.69 Å². The molecule has 0 aliphatic carbocycles. The molecule has 108 valence electrons. The average Bonchev–Trinajstić information content (AvgIpc) is 2.88. The lowest BCUT2D eigenvalue weighted by atomic mass is 10.3. The van der Waals surface area contributed by atoms with Crippen molar-refractivity contribution >= 4 is 16.8 Å². The van der Waals surface area contributed by atoms with E-state index in [9.17, 15) is 9.90 Å². The third kappa shape index (κ3) is 1.74. The summed E-state index contributed by atoms with van der Waals surface area (Å²) in [5.74, 6) is 0.983. The van der Waals surface area contributed by atoms with Crippen LogP contribution < -0.4 is 5.56 Å². The average molecular weight is 294 g/mol. The van der Waals surface area contributed by atoms with E-state index in [0.717, 1.165) is 0 Å². The van der Waals surface area contributed by atoms with Gasteiger partial charge in [-0.2, -0.15) is 9.50 Å². The molecule has 4 rings (SSSR count).